The maximum absolute atomic E-state index is 5.57. The second-order valence-electron chi connectivity index (χ2n) is 4.30. The van der Waals surface area contributed by atoms with Crippen LogP contribution >= 0.6 is 31.9 Å². The first kappa shape index (κ1) is 15.5. The molecule has 4 nitrogen and oxygen atoms in total. The van der Waals surface area contributed by atoms with E-state index in [4.69, 9.17) is 4.74 Å². The number of rotatable bonds is 7. The van der Waals surface area contributed by atoms with Crippen LogP contribution in [0.5, 0.6) is 5.75 Å². The lowest BCUT2D eigenvalue weighted by Gasteiger charge is -2.11. The summed E-state index contributed by atoms with van der Waals surface area (Å²) in [5.74, 6) is 0.856. The zero-order valence-electron chi connectivity index (χ0n) is 11.3. The molecule has 0 atom stereocenters. The normalized spacial score (nSPS) is 10.8. The average molecular weight is 403 g/mol. The van der Waals surface area contributed by atoms with Crippen LogP contribution in [0.15, 0.2) is 39.8 Å². The first-order valence-electron chi connectivity index (χ1n) is 6.48. The molecule has 1 heterocycles. The van der Waals surface area contributed by atoms with Crippen LogP contribution in [0.25, 0.3) is 0 Å². The van der Waals surface area contributed by atoms with Crippen molar-refractivity contribution in [2.24, 2.45) is 0 Å². The van der Waals surface area contributed by atoms with Gasteiger partial charge in [-0.25, -0.2) is 4.98 Å². The van der Waals surface area contributed by atoms with Crippen molar-refractivity contribution < 1.29 is 4.74 Å². The smallest absolute Gasteiger partial charge is 0.147 e. The molecule has 0 bridgehead atoms. The summed E-state index contributed by atoms with van der Waals surface area (Å²) in [6.45, 7) is 5.26. The van der Waals surface area contributed by atoms with E-state index in [9.17, 15) is 0 Å². The summed E-state index contributed by atoms with van der Waals surface area (Å²) in [7, 11) is 0. The van der Waals surface area contributed by atoms with Crippen LogP contribution in [0.3, 0.4) is 0 Å². The topological polar surface area (TPSA) is 39.1 Å². The number of hydrogen-bond acceptors (Lipinski definition) is 3. The summed E-state index contributed by atoms with van der Waals surface area (Å²) in [6.07, 6.45) is 5.58. The van der Waals surface area contributed by atoms with Crippen molar-refractivity contribution >= 4 is 31.9 Å². The number of benzene rings is 1. The second kappa shape index (κ2) is 7.81. The van der Waals surface area contributed by atoms with Crippen LogP contribution in [0, 0.1) is 0 Å². The van der Waals surface area contributed by atoms with Gasteiger partial charge in [0, 0.05) is 32.0 Å². The number of nitrogens with one attached hydrogen (secondary N) is 1. The average Bonchev–Trinajstić information content (AvgIpc) is 2.92. The molecule has 0 spiro atoms. The highest BCUT2D eigenvalue weighted by atomic mass is 79.9. The molecule has 108 valence electrons. The van der Waals surface area contributed by atoms with Gasteiger partial charge >= 0.3 is 0 Å². The van der Waals surface area contributed by atoms with Crippen LogP contribution in [0.1, 0.15) is 12.5 Å². The summed E-state index contributed by atoms with van der Waals surface area (Å²) in [5, 5.41) is 3.41. The van der Waals surface area contributed by atoms with Crippen molar-refractivity contribution in [1.29, 1.82) is 0 Å². The minimum absolute atomic E-state index is 0.652. The third-order valence-corrected chi connectivity index (χ3v) is 3.96. The highest BCUT2D eigenvalue weighted by Crippen LogP contribution is 2.34. The van der Waals surface area contributed by atoms with Crippen molar-refractivity contribution in [3.63, 3.8) is 0 Å². The minimum atomic E-state index is 0.652. The molecule has 1 N–H and O–H groups in total. The molecule has 1 aromatic heterocycles. The fraction of sp³-hybridized carbons (Fsp3) is 0.357. The van der Waals surface area contributed by atoms with Crippen LogP contribution in [0.2, 0.25) is 0 Å². The fourth-order valence-corrected chi connectivity index (χ4v) is 3.37. The zero-order chi connectivity index (χ0) is 14.4. The molecule has 6 heteroatoms. The summed E-state index contributed by atoms with van der Waals surface area (Å²) in [6, 6.07) is 4.17. The predicted molar refractivity (Wildman–Crippen MR) is 86.9 cm³/mol. The van der Waals surface area contributed by atoms with E-state index in [1.165, 1.54) is 5.56 Å². The van der Waals surface area contributed by atoms with E-state index in [2.05, 4.69) is 58.9 Å². The van der Waals surface area contributed by atoms with E-state index >= 15 is 0 Å². The Labute approximate surface area is 135 Å². The van der Waals surface area contributed by atoms with Crippen molar-refractivity contribution in [2.45, 2.75) is 20.0 Å². The first-order valence-corrected chi connectivity index (χ1v) is 8.06. The van der Waals surface area contributed by atoms with Gasteiger partial charge in [0.05, 0.1) is 21.9 Å². The third kappa shape index (κ3) is 4.33. The highest BCUT2D eigenvalue weighted by Gasteiger charge is 2.08. The van der Waals surface area contributed by atoms with Gasteiger partial charge in [0.1, 0.15) is 5.75 Å². The van der Waals surface area contributed by atoms with Gasteiger partial charge in [0.25, 0.3) is 0 Å². The Morgan fingerprint density at radius 3 is 2.65 bits per heavy atom. The largest absolute Gasteiger partial charge is 0.492 e. The Kier molecular flexibility index (Phi) is 6.06. The van der Waals surface area contributed by atoms with Gasteiger partial charge in [-0.2, -0.15) is 0 Å². The standard InChI is InChI=1S/C14H17Br2N3O/c1-2-20-14-12(15)7-11(8-13(14)16)9-17-3-5-19-6-4-18-10-19/h4,6-8,10,17H,2-3,5,9H2,1H3. The Morgan fingerprint density at radius 1 is 1.30 bits per heavy atom. The summed E-state index contributed by atoms with van der Waals surface area (Å²) < 4.78 is 9.57. The fourth-order valence-electron chi connectivity index (χ4n) is 1.86. The summed E-state index contributed by atoms with van der Waals surface area (Å²) in [4.78, 5) is 4.02. The molecule has 2 rings (SSSR count). The molecule has 0 saturated carbocycles. The molecule has 1 aromatic carbocycles. The van der Waals surface area contributed by atoms with Crippen molar-refractivity contribution in [3.05, 3.63) is 45.4 Å². The van der Waals surface area contributed by atoms with Crippen molar-refractivity contribution in [3.8, 4) is 5.75 Å². The van der Waals surface area contributed by atoms with Gasteiger partial charge in [0.2, 0.25) is 0 Å². The van der Waals surface area contributed by atoms with Crippen LogP contribution < -0.4 is 10.1 Å². The molecular formula is C14H17Br2N3O. The quantitative estimate of drug-likeness (QED) is 0.719. The number of aromatic nitrogens is 2. The molecule has 2 aromatic rings. The molecule has 20 heavy (non-hydrogen) atoms. The number of imidazole rings is 1. The Morgan fingerprint density at radius 2 is 2.05 bits per heavy atom. The van der Waals surface area contributed by atoms with E-state index < -0.39 is 0 Å². The number of ether oxygens (including phenoxy) is 1. The Balaban J connectivity index is 1.86. The first-order chi connectivity index (χ1) is 9.70. The monoisotopic (exact) mass is 401 g/mol. The van der Waals surface area contributed by atoms with Crippen molar-refractivity contribution in [1.82, 2.24) is 14.9 Å². The summed E-state index contributed by atoms with van der Waals surface area (Å²) in [5.41, 5.74) is 1.21. The highest BCUT2D eigenvalue weighted by molar-refractivity contribution is 9.11. The SMILES string of the molecule is CCOc1c(Br)cc(CNCCn2ccnc2)cc1Br. The lowest BCUT2D eigenvalue weighted by Crippen LogP contribution is -2.19. The number of hydrogen-bond donors (Lipinski definition) is 1. The molecule has 0 fully saturated rings. The van der Waals surface area contributed by atoms with Crippen LogP contribution in [-0.4, -0.2) is 22.7 Å². The van der Waals surface area contributed by atoms with Crippen LogP contribution in [0.4, 0.5) is 0 Å². The maximum Gasteiger partial charge on any atom is 0.147 e. The molecule has 0 radical (unpaired) electrons. The molecule has 0 aliphatic carbocycles. The van der Waals surface area contributed by atoms with Crippen LogP contribution in [-0.2, 0) is 13.1 Å². The summed E-state index contributed by atoms with van der Waals surface area (Å²) >= 11 is 7.09. The second-order valence-corrected chi connectivity index (χ2v) is 6.01. The molecule has 0 unspecified atom stereocenters. The van der Waals surface area contributed by atoms with Gasteiger partial charge in [-0.15, -0.1) is 0 Å². The predicted octanol–water partition coefficient (Wildman–Crippen LogP) is 3.60. The van der Waals surface area contributed by atoms with E-state index in [-0.39, 0.29) is 0 Å². The maximum atomic E-state index is 5.57. The third-order valence-electron chi connectivity index (χ3n) is 2.78. The van der Waals surface area contributed by atoms with Gasteiger partial charge in [-0.3, -0.25) is 0 Å². The van der Waals surface area contributed by atoms with E-state index in [1.807, 2.05) is 19.4 Å². The van der Waals surface area contributed by atoms with Gasteiger partial charge < -0.3 is 14.6 Å². The number of halogens is 2. The van der Waals surface area contributed by atoms with Gasteiger partial charge in [-0.1, -0.05) is 0 Å². The van der Waals surface area contributed by atoms with Gasteiger partial charge in [0.15, 0.2) is 0 Å². The lowest BCUT2D eigenvalue weighted by molar-refractivity contribution is 0.336. The minimum Gasteiger partial charge on any atom is -0.492 e. The molecule has 0 aliphatic rings. The Bertz CT molecular complexity index is 520. The van der Waals surface area contributed by atoms with Gasteiger partial charge in [-0.05, 0) is 56.5 Å². The van der Waals surface area contributed by atoms with E-state index in [1.54, 1.807) is 6.20 Å². The molecule has 0 aliphatic heterocycles. The Hall–Kier alpha value is -0.850. The zero-order valence-corrected chi connectivity index (χ0v) is 14.4. The molecule has 0 amide bonds. The van der Waals surface area contributed by atoms with E-state index in [0.29, 0.717) is 6.61 Å². The molecule has 0 saturated heterocycles. The van der Waals surface area contributed by atoms with Crippen molar-refractivity contribution in [2.75, 3.05) is 13.2 Å². The molecular weight excluding hydrogens is 386 g/mol. The van der Waals surface area contributed by atoms with E-state index in [0.717, 1.165) is 34.3 Å². The number of nitrogens with zero attached hydrogens (tertiary/aromatic N) is 2. The lowest BCUT2D eigenvalue weighted by atomic mass is 10.2.